The van der Waals surface area contributed by atoms with Gasteiger partial charge in [-0.25, -0.2) is 0 Å². The van der Waals surface area contributed by atoms with Gasteiger partial charge < -0.3 is 9.80 Å². The third-order valence-electron chi connectivity index (χ3n) is 3.10. The maximum Gasteiger partial charge on any atom is 0.234 e. The van der Waals surface area contributed by atoms with Gasteiger partial charge in [0, 0.05) is 13.6 Å². The molecule has 0 aromatic rings. The van der Waals surface area contributed by atoms with E-state index in [9.17, 15) is 4.79 Å². The van der Waals surface area contributed by atoms with Crippen LogP contribution in [0.5, 0.6) is 0 Å². The van der Waals surface area contributed by atoms with E-state index in [1.54, 1.807) is 0 Å². The van der Waals surface area contributed by atoms with Crippen molar-refractivity contribution < 1.29 is 4.79 Å². The Labute approximate surface area is 98.2 Å². The van der Waals surface area contributed by atoms with Gasteiger partial charge >= 0.3 is 0 Å². The van der Waals surface area contributed by atoms with E-state index in [0.29, 0.717) is 5.92 Å². The van der Waals surface area contributed by atoms with Crippen molar-refractivity contribution in [3.8, 4) is 0 Å². The summed E-state index contributed by atoms with van der Waals surface area (Å²) in [6.45, 7) is 5.03. The van der Waals surface area contributed by atoms with Crippen LogP contribution in [0.1, 0.15) is 19.8 Å². The summed E-state index contributed by atoms with van der Waals surface area (Å²) in [5, 5.41) is -0.179. The van der Waals surface area contributed by atoms with Crippen LogP contribution in [0.4, 0.5) is 0 Å². The fourth-order valence-corrected chi connectivity index (χ4v) is 2.24. The van der Waals surface area contributed by atoms with Crippen LogP contribution in [0.2, 0.25) is 0 Å². The van der Waals surface area contributed by atoms with Gasteiger partial charge in [-0.3, -0.25) is 4.79 Å². The van der Waals surface area contributed by atoms with E-state index in [1.807, 2.05) is 18.9 Å². The third kappa shape index (κ3) is 4.03. The first-order valence-electron chi connectivity index (χ1n) is 5.62. The highest BCUT2D eigenvalue weighted by Crippen LogP contribution is 2.17. The standard InChI is InChI=1S/C11H22N2OS/c1-9(15)11(14)13(3)8-10-4-6-12(2)7-5-10/h9-10,15H,4-8H2,1-3H3. The summed E-state index contributed by atoms with van der Waals surface area (Å²) in [5.74, 6) is 0.805. The predicted molar refractivity (Wildman–Crippen MR) is 66.3 cm³/mol. The van der Waals surface area contributed by atoms with Gasteiger partial charge in [0.05, 0.1) is 5.25 Å². The van der Waals surface area contributed by atoms with E-state index in [2.05, 4.69) is 24.6 Å². The summed E-state index contributed by atoms with van der Waals surface area (Å²) in [7, 11) is 4.04. The normalized spacial score (nSPS) is 21.3. The van der Waals surface area contributed by atoms with Crippen LogP contribution in [0, 0.1) is 5.92 Å². The van der Waals surface area contributed by atoms with Crippen LogP contribution in [0.25, 0.3) is 0 Å². The Morgan fingerprint density at radius 2 is 2.07 bits per heavy atom. The van der Waals surface area contributed by atoms with Gasteiger partial charge in [-0.15, -0.1) is 0 Å². The van der Waals surface area contributed by atoms with Gasteiger partial charge in [0.25, 0.3) is 0 Å². The molecule has 1 rings (SSSR count). The molecule has 1 amide bonds. The zero-order valence-electron chi connectivity index (χ0n) is 9.94. The first-order chi connectivity index (χ1) is 7.00. The molecule has 0 aliphatic carbocycles. The summed E-state index contributed by atoms with van der Waals surface area (Å²) >= 11 is 4.17. The molecule has 1 aliphatic heterocycles. The fourth-order valence-electron chi connectivity index (χ4n) is 2.04. The summed E-state index contributed by atoms with van der Waals surface area (Å²) < 4.78 is 0. The van der Waals surface area contributed by atoms with Crippen molar-refractivity contribution in [3.63, 3.8) is 0 Å². The molecule has 0 aromatic carbocycles. The molecule has 0 saturated carbocycles. The fraction of sp³-hybridized carbons (Fsp3) is 0.909. The first-order valence-corrected chi connectivity index (χ1v) is 6.14. The second-order valence-electron chi connectivity index (χ2n) is 4.64. The van der Waals surface area contributed by atoms with E-state index in [4.69, 9.17) is 0 Å². The minimum absolute atomic E-state index is 0.136. The smallest absolute Gasteiger partial charge is 0.234 e. The van der Waals surface area contributed by atoms with Crippen molar-refractivity contribution in [2.45, 2.75) is 25.0 Å². The van der Waals surface area contributed by atoms with Crippen LogP contribution in [-0.2, 0) is 4.79 Å². The van der Waals surface area contributed by atoms with Crippen molar-refractivity contribution in [2.75, 3.05) is 33.7 Å². The Morgan fingerprint density at radius 1 is 1.53 bits per heavy atom. The third-order valence-corrected chi connectivity index (χ3v) is 3.32. The summed E-state index contributed by atoms with van der Waals surface area (Å²) in [6, 6.07) is 0. The molecule has 15 heavy (non-hydrogen) atoms. The van der Waals surface area contributed by atoms with Crippen molar-refractivity contribution in [1.82, 2.24) is 9.80 Å². The lowest BCUT2D eigenvalue weighted by Gasteiger charge is -2.32. The zero-order valence-corrected chi connectivity index (χ0v) is 10.8. The van der Waals surface area contributed by atoms with E-state index in [-0.39, 0.29) is 11.2 Å². The number of nitrogens with zero attached hydrogens (tertiary/aromatic N) is 2. The number of likely N-dealkylation sites (tertiary alicyclic amines) is 1. The van der Waals surface area contributed by atoms with Crippen molar-refractivity contribution in [2.24, 2.45) is 5.92 Å². The molecular weight excluding hydrogens is 208 g/mol. The number of rotatable bonds is 3. The van der Waals surface area contributed by atoms with Crippen molar-refractivity contribution >= 4 is 18.5 Å². The van der Waals surface area contributed by atoms with Crippen molar-refractivity contribution in [3.05, 3.63) is 0 Å². The number of hydrogen-bond acceptors (Lipinski definition) is 3. The van der Waals surface area contributed by atoms with E-state index in [1.165, 1.54) is 12.8 Å². The minimum Gasteiger partial charge on any atom is -0.345 e. The SMILES string of the molecule is CC(S)C(=O)N(C)CC1CCN(C)CC1. The number of carbonyl (C=O) groups excluding carboxylic acids is 1. The summed E-state index contributed by atoms with van der Waals surface area (Å²) in [4.78, 5) is 15.8. The molecule has 4 heteroatoms. The molecular formula is C11H22N2OS. The Kier molecular flexibility index (Phi) is 4.93. The van der Waals surface area contributed by atoms with Crippen LogP contribution in [0.15, 0.2) is 0 Å². The second kappa shape index (κ2) is 5.75. The van der Waals surface area contributed by atoms with Gasteiger partial charge in [0.15, 0.2) is 0 Å². The Hall–Kier alpha value is -0.220. The summed E-state index contributed by atoms with van der Waals surface area (Å²) in [6.07, 6.45) is 2.41. The number of thiol groups is 1. The molecule has 1 fully saturated rings. The van der Waals surface area contributed by atoms with E-state index < -0.39 is 0 Å². The van der Waals surface area contributed by atoms with Gasteiger partial charge in [-0.05, 0) is 45.8 Å². The number of piperidine rings is 1. The Balaban J connectivity index is 2.32. The molecule has 1 atom stereocenters. The molecule has 1 heterocycles. The van der Waals surface area contributed by atoms with E-state index >= 15 is 0 Å². The number of carbonyl (C=O) groups is 1. The van der Waals surface area contributed by atoms with Crippen LogP contribution in [-0.4, -0.2) is 54.7 Å². The lowest BCUT2D eigenvalue weighted by molar-refractivity contribution is -0.129. The topological polar surface area (TPSA) is 23.6 Å². The van der Waals surface area contributed by atoms with Crippen LogP contribution in [0.3, 0.4) is 0 Å². The average Bonchev–Trinajstić information content (AvgIpc) is 2.20. The molecule has 1 unspecified atom stereocenters. The van der Waals surface area contributed by atoms with Gasteiger partial charge in [-0.1, -0.05) is 0 Å². The largest absolute Gasteiger partial charge is 0.345 e. The highest BCUT2D eigenvalue weighted by atomic mass is 32.1. The highest BCUT2D eigenvalue weighted by molar-refractivity contribution is 7.81. The monoisotopic (exact) mass is 230 g/mol. The molecule has 0 N–H and O–H groups in total. The first kappa shape index (κ1) is 12.8. The molecule has 0 spiro atoms. The lowest BCUT2D eigenvalue weighted by Crippen LogP contribution is -2.40. The highest BCUT2D eigenvalue weighted by Gasteiger charge is 2.21. The molecule has 0 bridgehead atoms. The maximum absolute atomic E-state index is 11.6. The average molecular weight is 230 g/mol. The summed E-state index contributed by atoms with van der Waals surface area (Å²) in [5.41, 5.74) is 0. The van der Waals surface area contributed by atoms with Crippen molar-refractivity contribution in [1.29, 1.82) is 0 Å². The van der Waals surface area contributed by atoms with Gasteiger partial charge in [0.2, 0.25) is 5.91 Å². The quantitative estimate of drug-likeness (QED) is 0.734. The Morgan fingerprint density at radius 3 is 2.53 bits per heavy atom. The molecule has 0 aromatic heterocycles. The molecule has 1 saturated heterocycles. The van der Waals surface area contributed by atoms with Gasteiger partial charge in [0.1, 0.15) is 0 Å². The molecule has 1 aliphatic rings. The molecule has 88 valence electrons. The second-order valence-corrected chi connectivity index (χ2v) is 5.42. The maximum atomic E-state index is 11.6. The van der Waals surface area contributed by atoms with Gasteiger partial charge in [-0.2, -0.15) is 12.6 Å². The van der Waals surface area contributed by atoms with Crippen LogP contribution < -0.4 is 0 Å². The molecule has 3 nitrogen and oxygen atoms in total. The minimum atomic E-state index is -0.179. The number of amides is 1. The van der Waals surface area contributed by atoms with Crippen LogP contribution >= 0.6 is 12.6 Å². The predicted octanol–water partition coefficient (Wildman–Crippen LogP) is 1.10. The van der Waals surface area contributed by atoms with E-state index in [0.717, 1.165) is 19.6 Å². The molecule has 0 radical (unpaired) electrons. The zero-order chi connectivity index (χ0) is 11.4. The number of hydrogen-bond donors (Lipinski definition) is 1. The lowest BCUT2D eigenvalue weighted by atomic mass is 9.96. The Bertz CT molecular complexity index is 213.